The summed E-state index contributed by atoms with van der Waals surface area (Å²) in [5.41, 5.74) is 0. The molecule has 0 aromatic carbocycles. The zero-order valence-corrected chi connectivity index (χ0v) is 18.1. The van der Waals surface area contributed by atoms with E-state index in [1.54, 1.807) is 14.7 Å². The van der Waals surface area contributed by atoms with Gasteiger partial charge in [-0.15, -0.1) is 5.06 Å². The highest BCUT2D eigenvalue weighted by atomic mass is 16.7. The fourth-order valence-corrected chi connectivity index (χ4v) is 3.51. The highest BCUT2D eigenvalue weighted by Crippen LogP contribution is 2.15. The molecule has 2 aliphatic heterocycles. The Morgan fingerprint density at radius 2 is 1.55 bits per heavy atom. The maximum absolute atomic E-state index is 12.1. The molecular weight excluding hydrogens is 444 g/mol. The standard InChI is InChI=1S/C19H28N4O10/c24-13-31-12-21-6-5-20(11-18(28)29)7-9-22(10-8-21)17(32-14-25)3-4-19(30)33-23-15(26)1-2-16(23)27/h13-14,17H,1-12H2,(H,28,29). The molecule has 0 saturated carbocycles. The summed E-state index contributed by atoms with van der Waals surface area (Å²) < 4.78 is 9.98. The minimum absolute atomic E-state index is 0.0155. The number of rotatable bonds is 12. The highest BCUT2D eigenvalue weighted by Gasteiger charge is 2.33. The Labute approximate surface area is 189 Å². The Morgan fingerprint density at radius 1 is 0.939 bits per heavy atom. The van der Waals surface area contributed by atoms with E-state index in [9.17, 15) is 28.8 Å². The van der Waals surface area contributed by atoms with Crippen molar-refractivity contribution in [1.29, 1.82) is 0 Å². The van der Waals surface area contributed by atoms with Crippen molar-refractivity contribution in [2.24, 2.45) is 0 Å². The minimum atomic E-state index is -0.995. The van der Waals surface area contributed by atoms with Crippen molar-refractivity contribution in [2.75, 3.05) is 52.5 Å². The topological polar surface area (TPSA) is 163 Å². The second-order valence-corrected chi connectivity index (χ2v) is 7.49. The molecule has 14 nitrogen and oxygen atoms in total. The summed E-state index contributed by atoms with van der Waals surface area (Å²) >= 11 is 0. The summed E-state index contributed by atoms with van der Waals surface area (Å²) in [4.78, 5) is 78.2. The molecule has 2 aliphatic rings. The molecule has 2 heterocycles. The number of carbonyl (C=O) groups excluding carboxylic acids is 5. The van der Waals surface area contributed by atoms with Crippen LogP contribution in [0.2, 0.25) is 0 Å². The van der Waals surface area contributed by atoms with Gasteiger partial charge in [-0.05, 0) is 0 Å². The van der Waals surface area contributed by atoms with Gasteiger partial charge in [-0.2, -0.15) is 0 Å². The van der Waals surface area contributed by atoms with Crippen LogP contribution in [-0.4, -0.2) is 120 Å². The van der Waals surface area contributed by atoms with Crippen LogP contribution in [0.4, 0.5) is 0 Å². The SMILES string of the molecule is O=COCN1CCN(CC(=O)O)CCN(C(CCC(=O)ON2C(=O)CCC2=O)OC=O)CC1. The molecule has 33 heavy (non-hydrogen) atoms. The zero-order valence-electron chi connectivity index (χ0n) is 18.1. The third-order valence-corrected chi connectivity index (χ3v) is 5.24. The summed E-state index contributed by atoms with van der Waals surface area (Å²) in [6.45, 7) is 2.76. The molecule has 1 unspecified atom stereocenters. The van der Waals surface area contributed by atoms with Crippen molar-refractivity contribution >= 4 is 36.7 Å². The molecule has 1 atom stereocenters. The molecule has 0 radical (unpaired) electrons. The number of nitrogens with zero attached hydrogens (tertiary/aromatic N) is 4. The first-order valence-electron chi connectivity index (χ1n) is 10.5. The van der Waals surface area contributed by atoms with Crippen molar-refractivity contribution in [2.45, 2.75) is 31.9 Å². The van der Waals surface area contributed by atoms with Crippen molar-refractivity contribution in [3.05, 3.63) is 0 Å². The number of imide groups is 1. The van der Waals surface area contributed by atoms with Gasteiger partial charge in [0.25, 0.3) is 24.8 Å². The molecule has 184 valence electrons. The molecule has 2 amide bonds. The predicted octanol–water partition coefficient (Wildman–Crippen LogP) is -1.99. The Morgan fingerprint density at radius 3 is 2.15 bits per heavy atom. The van der Waals surface area contributed by atoms with Crippen LogP contribution in [0.15, 0.2) is 0 Å². The lowest BCUT2D eigenvalue weighted by Crippen LogP contribution is -2.45. The Kier molecular flexibility index (Phi) is 10.7. The van der Waals surface area contributed by atoms with Gasteiger partial charge in [0.2, 0.25) is 0 Å². The van der Waals surface area contributed by atoms with Crippen LogP contribution in [-0.2, 0) is 43.1 Å². The molecule has 0 aromatic rings. The van der Waals surface area contributed by atoms with Gasteiger partial charge in [0.15, 0.2) is 6.23 Å². The first kappa shape index (κ1) is 26.2. The molecule has 1 N–H and O–H groups in total. The number of hydrogen-bond donors (Lipinski definition) is 1. The van der Waals surface area contributed by atoms with Crippen LogP contribution < -0.4 is 0 Å². The molecule has 0 aromatic heterocycles. The highest BCUT2D eigenvalue weighted by molar-refractivity contribution is 6.01. The first-order chi connectivity index (χ1) is 15.8. The summed E-state index contributed by atoms with van der Waals surface area (Å²) in [6.07, 6.45) is -1.08. The Balaban J connectivity index is 2.01. The fourth-order valence-electron chi connectivity index (χ4n) is 3.51. The zero-order chi connectivity index (χ0) is 24.2. The van der Waals surface area contributed by atoms with Crippen LogP contribution in [0, 0.1) is 0 Å². The molecule has 14 heteroatoms. The monoisotopic (exact) mass is 472 g/mol. The van der Waals surface area contributed by atoms with Crippen LogP contribution in [0.1, 0.15) is 25.7 Å². The fraction of sp³-hybridized carbons (Fsp3) is 0.684. The number of amides is 2. The number of carboxylic acids is 1. The normalized spacial score (nSPS) is 19.8. The van der Waals surface area contributed by atoms with Crippen LogP contribution in [0.3, 0.4) is 0 Å². The van der Waals surface area contributed by atoms with Gasteiger partial charge in [0, 0.05) is 58.5 Å². The average molecular weight is 472 g/mol. The minimum Gasteiger partial charge on any atom is -0.480 e. The van der Waals surface area contributed by atoms with E-state index in [-0.39, 0.29) is 45.4 Å². The molecule has 2 saturated heterocycles. The summed E-state index contributed by atoms with van der Waals surface area (Å²) in [5.74, 6) is -3.00. The van der Waals surface area contributed by atoms with Gasteiger partial charge in [0.05, 0.1) is 13.0 Å². The van der Waals surface area contributed by atoms with Crippen molar-refractivity contribution < 1.29 is 48.2 Å². The van der Waals surface area contributed by atoms with Gasteiger partial charge < -0.3 is 19.4 Å². The number of ether oxygens (including phenoxy) is 2. The van der Waals surface area contributed by atoms with E-state index in [1.165, 1.54) is 0 Å². The van der Waals surface area contributed by atoms with Gasteiger partial charge in [0.1, 0.15) is 6.73 Å². The van der Waals surface area contributed by atoms with Crippen LogP contribution >= 0.6 is 0 Å². The lowest BCUT2D eigenvalue weighted by atomic mass is 10.2. The second-order valence-electron chi connectivity index (χ2n) is 7.49. The third kappa shape index (κ3) is 8.75. The van der Waals surface area contributed by atoms with E-state index in [4.69, 9.17) is 19.4 Å². The van der Waals surface area contributed by atoms with Gasteiger partial charge >= 0.3 is 11.9 Å². The lowest BCUT2D eigenvalue weighted by Gasteiger charge is -2.31. The summed E-state index contributed by atoms with van der Waals surface area (Å²) in [7, 11) is 0. The van der Waals surface area contributed by atoms with Crippen LogP contribution in [0.5, 0.6) is 0 Å². The third-order valence-electron chi connectivity index (χ3n) is 5.24. The van der Waals surface area contributed by atoms with E-state index in [0.29, 0.717) is 50.8 Å². The molecule has 0 spiro atoms. The lowest BCUT2D eigenvalue weighted by molar-refractivity contribution is -0.198. The number of hydroxylamine groups is 2. The number of hydrogen-bond acceptors (Lipinski definition) is 12. The Hall–Kier alpha value is -3.10. The number of aliphatic carboxylic acids is 1. The van der Waals surface area contributed by atoms with Crippen molar-refractivity contribution in [1.82, 2.24) is 19.8 Å². The first-order valence-corrected chi connectivity index (χ1v) is 10.5. The van der Waals surface area contributed by atoms with Crippen LogP contribution in [0.25, 0.3) is 0 Å². The number of carboxylic acid groups (broad SMARTS) is 1. The van der Waals surface area contributed by atoms with E-state index >= 15 is 0 Å². The summed E-state index contributed by atoms with van der Waals surface area (Å²) in [5, 5.41) is 9.60. The smallest absolute Gasteiger partial charge is 0.333 e. The average Bonchev–Trinajstić information content (AvgIpc) is 3.13. The number of carbonyl (C=O) groups is 6. The maximum Gasteiger partial charge on any atom is 0.333 e. The van der Waals surface area contributed by atoms with Gasteiger partial charge in [-0.25, -0.2) is 4.79 Å². The molecule has 0 aliphatic carbocycles. The Bertz CT molecular complexity index is 717. The van der Waals surface area contributed by atoms with E-state index in [1.807, 2.05) is 0 Å². The van der Waals surface area contributed by atoms with Crippen molar-refractivity contribution in [3.8, 4) is 0 Å². The molecular formula is C19H28N4O10. The second kappa shape index (κ2) is 13.4. The summed E-state index contributed by atoms with van der Waals surface area (Å²) in [6, 6.07) is 0. The van der Waals surface area contributed by atoms with E-state index < -0.39 is 30.0 Å². The molecule has 2 fully saturated rings. The predicted molar refractivity (Wildman–Crippen MR) is 107 cm³/mol. The maximum atomic E-state index is 12.1. The van der Waals surface area contributed by atoms with Gasteiger partial charge in [-0.3, -0.25) is 38.7 Å². The quantitative estimate of drug-likeness (QED) is 0.245. The molecule has 0 bridgehead atoms. The molecule has 2 rings (SSSR count). The largest absolute Gasteiger partial charge is 0.480 e. The van der Waals surface area contributed by atoms with E-state index in [2.05, 4.69) is 0 Å². The van der Waals surface area contributed by atoms with Crippen molar-refractivity contribution in [3.63, 3.8) is 0 Å². The van der Waals surface area contributed by atoms with Gasteiger partial charge in [-0.1, -0.05) is 0 Å². The van der Waals surface area contributed by atoms with E-state index in [0.717, 1.165) is 0 Å².